The molecule has 0 radical (unpaired) electrons. The van der Waals surface area contributed by atoms with Crippen molar-refractivity contribution in [3.8, 4) is 17.1 Å². The second-order valence-corrected chi connectivity index (χ2v) is 7.57. The van der Waals surface area contributed by atoms with Crippen molar-refractivity contribution in [1.82, 2.24) is 10.1 Å². The molecule has 0 unspecified atom stereocenters. The summed E-state index contributed by atoms with van der Waals surface area (Å²) in [4.78, 5) is 16.0. The van der Waals surface area contributed by atoms with Gasteiger partial charge in [0.05, 0.1) is 26.5 Å². The number of nitrogens with zero attached hydrogens (tertiary/aromatic N) is 2. The molecule has 0 bridgehead atoms. The van der Waals surface area contributed by atoms with Crippen molar-refractivity contribution < 1.29 is 18.5 Å². The summed E-state index contributed by atoms with van der Waals surface area (Å²) in [5.41, 5.74) is 2.24. The number of carbonyl (C=O) groups excluding carboxylic acids is 1. The molecule has 29 heavy (non-hydrogen) atoms. The van der Waals surface area contributed by atoms with Crippen LogP contribution in [0, 0.1) is 6.92 Å². The molecule has 0 aliphatic rings. The van der Waals surface area contributed by atoms with Crippen molar-refractivity contribution >= 4 is 17.2 Å². The van der Waals surface area contributed by atoms with Crippen LogP contribution in [0.15, 0.2) is 69.1 Å². The van der Waals surface area contributed by atoms with Gasteiger partial charge in [-0.05, 0) is 60.3 Å². The molecule has 7 heteroatoms. The van der Waals surface area contributed by atoms with Crippen LogP contribution in [0.4, 0.5) is 0 Å². The number of rotatable bonds is 7. The lowest BCUT2D eigenvalue weighted by Crippen LogP contribution is -2.30. The van der Waals surface area contributed by atoms with E-state index in [2.05, 4.69) is 5.16 Å². The second kappa shape index (κ2) is 8.36. The molecule has 0 atom stereocenters. The summed E-state index contributed by atoms with van der Waals surface area (Å²) in [6.45, 7) is 2.88. The van der Waals surface area contributed by atoms with Gasteiger partial charge in [0, 0.05) is 16.5 Å². The van der Waals surface area contributed by atoms with Gasteiger partial charge in [-0.3, -0.25) is 4.79 Å². The van der Waals surface area contributed by atoms with E-state index in [0.717, 1.165) is 21.8 Å². The molecule has 3 aromatic heterocycles. The zero-order chi connectivity index (χ0) is 20.2. The molecular formula is C22H20N2O4S. The Hall–Kier alpha value is -3.32. The zero-order valence-electron chi connectivity index (χ0n) is 16.1. The number of ether oxygens (including phenoxy) is 1. The molecule has 4 aromatic rings. The Morgan fingerprint density at radius 3 is 2.66 bits per heavy atom. The summed E-state index contributed by atoms with van der Waals surface area (Å²) < 4.78 is 16.1. The molecule has 0 fully saturated rings. The minimum absolute atomic E-state index is 0.210. The SMILES string of the molecule is COc1ccc(-c2cc(C(=O)N(Cc3ccco3)Cc3sccc3C)no2)cc1. The molecule has 3 heterocycles. The van der Waals surface area contributed by atoms with Gasteiger partial charge in [0.15, 0.2) is 11.5 Å². The van der Waals surface area contributed by atoms with Crippen molar-refractivity contribution in [3.63, 3.8) is 0 Å². The number of aromatic nitrogens is 1. The van der Waals surface area contributed by atoms with E-state index < -0.39 is 0 Å². The molecule has 0 saturated carbocycles. The third-order valence-corrected chi connectivity index (χ3v) is 5.63. The van der Waals surface area contributed by atoms with Crippen LogP contribution in [0.2, 0.25) is 0 Å². The standard InChI is InChI=1S/C22H20N2O4S/c1-15-9-11-29-21(15)14-24(13-18-4-3-10-27-18)22(25)19-12-20(28-23-19)16-5-7-17(26-2)8-6-16/h3-12H,13-14H2,1-2H3. The molecule has 0 spiro atoms. The summed E-state index contributed by atoms with van der Waals surface area (Å²) in [5.74, 6) is 1.78. The molecule has 1 amide bonds. The number of benzene rings is 1. The maximum Gasteiger partial charge on any atom is 0.276 e. The Labute approximate surface area is 172 Å². The largest absolute Gasteiger partial charge is 0.497 e. The number of hydrogen-bond donors (Lipinski definition) is 0. The molecule has 4 rings (SSSR count). The van der Waals surface area contributed by atoms with Gasteiger partial charge in [-0.25, -0.2) is 0 Å². The normalized spacial score (nSPS) is 10.8. The van der Waals surface area contributed by atoms with Gasteiger partial charge in [-0.1, -0.05) is 5.16 Å². The maximum atomic E-state index is 13.2. The smallest absolute Gasteiger partial charge is 0.276 e. The summed E-state index contributed by atoms with van der Waals surface area (Å²) in [6, 6.07) is 14.8. The zero-order valence-corrected chi connectivity index (χ0v) is 16.9. The van der Waals surface area contributed by atoms with E-state index in [9.17, 15) is 4.79 Å². The third-order valence-electron chi connectivity index (χ3n) is 4.62. The lowest BCUT2D eigenvalue weighted by atomic mass is 10.1. The Morgan fingerprint density at radius 2 is 2.00 bits per heavy atom. The highest BCUT2D eigenvalue weighted by Crippen LogP contribution is 2.25. The van der Waals surface area contributed by atoms with Gasteiger partial charge < -0.3 is 18.6 Å². The van der Waals surface area contributed by atoms with Crippen LogP contribution in [0.1, 0.15) is 26.7 Å². The third kappa shape index (κ3) is 4.25. The first kappa shape index (κ1) is 19.0. The van der Waals surface area contributed by atoms with Crippen molar-refractivity contribution in [2.24, 2.45) is 0 Å². The Bertz CT molecular complexity index is 1080. The Kier molecular flexibility index (Phi) is 5.48. The van der Waals surface area contributed by atoms with Crippen LogP contribution in [-0.2, 0) is 13.1 Å². The fourth-order valence-corrected chi connectivity index (χ4v) is 3.88. The first-order valence-electron chi connectivity index (χ1n) is 9.10. The van der Waals surface area contributed by atoms with Crippen molar-refractivity contribution in [2.45, 2.75) is 20.0 Å². The molecule has 6 nitrogen and oxygen atoms in total. The number of carbonyl (C=O) groups is 1. The molecular weight excluding hydrogens is 388 g/mol. The predicted molar refractivity (Wildman–Crippen MR) is 110 cm³/mol. The van der Waals surface area contributed by atoms with Crippen molar-refractivity contribution in [2.75, 3.05) is 7.11 Å². The quantitative estimate of drug-likeness (QED) is 0.423. The highest BCUT2D eigenvalue weighted by Gasteiger charge is 2.23. The van der Waals surface area contributed by atoms with Crippen LogP contribution in [0.5, 0.6) is 5.75 Å². The van der Waals surface area contributed by atoms with Crippen LogP contribution in [0.25, 0.3) is 11.3 Å². The minimum atomic E-state index is -0.210. The molecule has 148 valence electrons. The highest BCUT2D eigenvalue weighted by molar-refractivity contribution is 7.10. The number of aryl methyl sites for hydroxylation is 1. The minimum Gasteiger partial charge on any atom is -0.497 e. The second-order valence-electron chi connectivity index (χ2n) is 6.57. The van der Waals surface area contributed by atoms with Crippen LogP contribution < -0.4 is 4.74 Å². The average Bonchev–Trinajstić information content (AvgIpc) is 3.50. The Morgan fingerprint density at radius 1 is 1.17 bits per heavy atom. The summed E-state index contributed by atoms with van der Waals surface area (Å²) >= 11 is 1.63. The number of furan rings is 1. The Balaban J connectivity index is 1.58. The van der Waals surface area contributed by atoms with E-state index in [-0.39, 0.29) is 11.6 Å². The molecule has 0 aliphatic heterocycles. The monoisotopic (exact) mass is 408 g/mol. The van der Waals surface area contributed by atoms with Gasteiger partial charge in [0.1, 0.15) is 11.5 Å². The van der Waals surface area contributed by atoms with E-state index in [4.69, 9.17) is 13.7 Å². The first-order valence-corrected chi connectivity index (χ1v) is 9.98. The van der Waals surface area contributed by atoms with E-state index in [0.29, 0.717) is 24.6 Å². The summed E-state index contributed by atoms with van der Waals surface area (Å²) in [7, 11) is 1.61. The first-order chi connectivity index (χ1) is 14.1. The van der Waals surface area contributed by atoms with E-state index in [1.165, 1.54) is 0 Å². The number of amides is 1. The van der Waals surface area contributed by atoms with Gasteiger partial charge >= 0.3 is 0 Å². The van der Waals surface area contributed by atoms with Gasteiger partial charge in [-0.2, -0.15) is 0 Å². The summed E-state index contributed by atoms with van der Waals surface area (Å²) in [6.07, 6.45) is 1.60. The highest BCUT2D eigenvalue weighted by atomic mass is 32.1. The summed E-state index contributed by atoms with van der Waals surface area (Å²) in [5, 5.41) is 6.04. The number of thiophene rings is 1. The fourth-order valence-electron chi connectivity index (χ4n) is 2.96. The van der Waals surface area contributed by atoms with Crippen molar-refractivity contribution in [3.05, 3.63) is 82.1 Å². The molecule has 0 N–H and O–H groups in total. The topological polar surface area (TPSA) is 68.7 Å². The molecule has 0 saturated heterocycles. The van der Waals surface area contributed by atoms with Crippen LogP contribution in [0.3, 0.4) is 0 Å². The maximum absolute atomic E-state index is 13.2. The van der Waals surface area contributed by atoms with E-state index in [1.807, 2.05) is 54.8 Å². The average molecular weight is 408 g/mol. The van der Waals surface area contributed by atoms with Gasteiger partial charge in [0.2, 0.25) is 0 Å². The van der Waals surface area contributed by atoms with Gasteiger partial charge in [-0.15, -0.1) is 11.3 Å². The van der Waals surface area contributed by atoms with Crippen molar-refractivity contribution in [1.29, 1.82) is 0 Å². The van der Waals surface area contributed by atoms with Crippen LogP contribution >= 0.6 is 11.3 Å². The predicted octanol–water partition coefficient (Wildman–Crippen LogP) is 5.16. The van der Waals surface area contributed by atoms with Gasteiger partial charge in [0.25, 0.3) is 5.91 Å². The molecule has 1 aromatic carbocycles. The van der Waals surface area contributed by atoms with E-state index in [1.54, 1.807) is 35.7 Å². The molecule has 0 aliphatic carbocycles. The lowest BCUT2D eigenvalue weighted by molar-refractivity contribution is 0.0709. The fraction of sp³-hybridized carbons (Fsp3) is 0.182. The lowest BCUT2D eigenvalue weighted by Gasteiger charge is -2.20. The van der Waals surface area contributed by atoms with E-state index >= 15 is 0 Å². The number of hydrogen-bond acceptors (Lipinski definition) is 6. The van der Waals surface area contributed by atoms with Crippen LogP contribution in [-0.4, -0.2) is 23.1 Å². The number of methoxy groups -OCH3 is 1.